The summed E-state index contributed by atoms with van der Waals surface area (Å²) >= 11 is 5.88. The van der Waals surface area contributed by atoms with Gasteiger partial charge < -0.3 is 10.2 Å². The Hall–Kier alpha value is -1.67. The molecule has 0 aliphatic heterocycles. The predicted octanol–water partition coefficient (Wildman–Crippen LogP) is 4.33. The second kappa shape index (κ2) is 5.98. The first-order valence-electron chi connectivity index (χ1n) is 6.32. The second-order valence-corrected chi connectivity index (χ2v) is 5.31. The molecule has 0 aliphatic rings. The lowest BCUT2D eigenvalue weighted by Gasteiger charge is -2.16. The Morgan fingerprint density at radius 2 is 1.74 bits per heavy atom. The first kappa shape index (κ1) is 13.8. The van der Waals surface area contributed by atoms with E-state index < -0.39 is 0 Å². The first-order valence-corrected chi connectivity index (χ1v) is 6.70. The van der Waals surface area contributed by atoms with Gasteiger partial charge in [-0.2, -0.15) is 0 Å². The van der Waals surface area contributed by atoms with E-state index in [1.54, 1.807) is 0 Å². The van der Waals surface area contributed by atoms with Crippen LogP contribution in [0.1, 0.15) is 11.1 Å². The van der Waals surface area contributed by atoms with Crippen LogP contribution < -0.4 is 10.2 Å². The van der Waals surface area contributed by atoms with Gasteiger partial charge in [0, 0.05) is 37.0 Å². The molecule has 0 atom stereocenters. The molecule has 1 N–H and O–H groups in total. The van der Waals surface area contributed by atoms with Crippen molar-refractivity contribution in [2.24, 2.45) is 0 Å². The Labute approximate surface area is 120 Å². The average molecular weight is 275 g/mol. The summed E-state index contributed by atoms with van der Waals surface area (Å²) < 4.78 is 0. The third-order valence-electron chi connectivity index (χ3n) is 3.12. The minimum absolute atomic E-state index is 0.773. The number of halogens is 1. The van der Waals surface area contributed by atoms with Crippen LogP contribution in [0.2, 0.25) is 5.02 Å². The second-order valence-electron chi connectivity index (χ2n) is 4.87. The zero-order valence-electron chi connectivity index (χ0n) is 11.6. The molecule has 0 aliphatic carbocycles. The molecule has 3 heteroatoms. The monoisotopic (exact) mass is 274 g/mol. The quantitative estimate of drug-likeness (QED) is 0.893. The lowest BCUT2D eigenvalue weighted by Crippen LogP contribution is -2.09. The summed E-state index contributed by atoms with van der Waals surface area (Å²) in [6.07, 6.45) is 0. The number of hydrogen-bond donors (Lipinski definition) is 1. The van der Waals surface area contributed by atoms with Crippen LogP contribution in [0.5, 0.6) is 0 Å². The maximum absolute atomic E-state index is 5.88. The number of nitrogens with zero attached hydrogens (tertiary/aromatic N) is 1. The lowest BCUT2D eigenvalue weighted by molar-refractivity contribution is 1.11. The molecule has 0 bridgehead atoms. The zero-order valence-corrected chi connectivity index (χ0v) is 12.3. The van der Waals surface area contributed by atoms with Crippen LogP contribution in [0.4, 0.5) is 11.4 Å². The van der Waals surface area contributed by atoms with Crippen LogP contribution in [-0.4, -0.2) is 14.1 Å². The molecule has 0 saturated heterocycles. The fourth-order valence-electron chi connectivity index (χ4n) is 1.92. The number of hydrogen-bond acceptors (Lipinski definition) is 2. The molecule has 0 amide bonds. The summed E-state index contributed by atoms with van der Waals surface area (Å²) in [4.78, 5) is 2.11. The molecule has 0 unspecified atom stereocenters. The van der Waals surface area contributed by atoms with Crippen molar-refractivity contribution in [2.75, 3.05) is 24.3 Å². The molecule has 0 spiro atoms. The summed E-state index contributed by atoms with van der Waals surface area (Å²) in [5.74, 6) is 0. The van der Waals surface area contributed by atoms with E-state index in [-0.39, 0.29) is 0 Å². The van der Waals surface area contributed by atoms with E-state index in [9.17, 15) is 0 Å². The van der Waals surface area contributed by atoms with Crippen molar-refractivity contribution in [3.8, 4) is 0 Å². The van der Waals surface area contributed by atoms with Gasteiger partial charge in [0.25, 0.3) is 0 Å². The minimum atomic E-state index is 0.773. The highest BCUT2D eigenvalue weighted by Gasteiger charge is 2.01. The van der Waals surface area contributed by atoms with Gasteiger partial charge in [0.05, 0.1) is 0 Å². The standard InChI is InChI=1S/C16H19ClN2/c1-12-10-15(19(2)3)8-9-16(12)18-11-13-4-6-14(17)7-5-13/h4-10,18H,11H2,1-3H3. The van der Waals surface area contributed by atoms with Crippen LogP contribution in [0.25, 0.3) is 0 Å². The maximum atomic E-state index is 5.88. The molecule has 19 heavy (non-hydrogen) atoms. The molecule has 0 radical (unpaired) electrons. The van der Waals surface area contributed by atoms with Gasteiger partial charge in [-0.15, -0.1) is 0 Å². The minimum Gasteiger partial charge on any atom is -0.381 e. The molecular formula is C16H19ClN2. The van der Waals surface area contributed by atoms with Crippen molar-refractivity contribution in [3.05, 3.63) is 58.6 Å². The number of anilines is 2. The van der Waals surface area contributed by atoms with E-state index in [0.717, 1.165) is 11.6 Å². The first-order chi connectivity index (χ1) is 9.06. The number of nitrogens with one attached hydrogen (secondary N) is 1. The van der Waals surface area contributed by atoms with Gasteiger partial charge in [0.2, 0.25) is 0 Å². The molecule has 100 valence electrons. The molecule has 0 saturated carbocycles. The van der Waals surface area contributed by atoms with Gasteiger partial charge in [-0.3, -0.25) is 0 Å². The lowest BCUT2D eigenvalue weighted by atomic mass is 10.1. The van der Waals surface area contributed by atoms with Gasteiger partial charge in [-0.1, -0.05) is 23.7 Å². The van der Waals surface area contributed by atoms with Gasteiger partial charge in [0.15, 0.2) is 0 Å². The Balaban J connectivity index is 2.05. The summed E-state index contributed by atoms with van der Waals surface area (Å²) in [5.41, 5.74) is 4.86. The Morgan fingerprint density at radius 1 is 1.05 bits per heavy atom. The van der Waals surface area contributed by atoms with Crippen molar-refractivity contribution < 1.29 is 0 Å². The van der Waals surface area contributed by atoms with E-state index in [1.165, 1.54) is 22.5 Å². The SMILES string of the molecule is Cc1cc(N(C)C)ccc1NCc1ccc(Cl)cc1. The van der Waals surface area contributed by atoms with E-state index in [2.05, 4.69) is 49.4 Å². The highest BCUT2D eigenvalue weighted by molar-refractivity contribution is 6.30. The zero-order chi connectivity index (χ0) is 13.8. The molecule has 2 aromatic carbocycles. The normalized spacial score (nSPS) is 10.3. The third kappa shape index (κ3) is 3.65. The smallest absolute Gasteiger partial charge is 0.0406 e. The average Bonchev–Trinajstić information content (AvgIpc) is 2.39. The van der Waals surface area contributed by atoms with E-state index >= 15 is 0 Å². The molecule has 0 heterocycles. The highest BCUT2D eigenvalue weighted by atomic mass is 35.5. The largest absolute Gasteiger partial charge is 0.381 e. The van der Waals surface area contributed by atoms with Gasteiger partial charge >= 0.3 is 0 Å². The summed E-state index contributed by atoms with van der Waals surface area (Å²) in [6.45, 7) is 2.93. The topological polar surface area (TPSA) is 15.3 Å². The van der Waals surface area contributed by atoms with Crippen LogP contribution in [0.15, 0.2) is 42.5 Å². The fraction of sp³-hybridized carbons (Fsp3) is 0.250. The summed E-state index contributed by atoms with van der Waals surface area (Å²) in [7, 11) is 4.10. The third-order valence-corrected chi connectivity index (χ3v) is 3.37. The molecule has 2 aromatic rings. The molecule has 2 nitrogen and oxygen atoms in total. The Bertz CT molecular complexity index is 547. The molecule has 0 fully saturated rings. The predicted molar refractivity (Wildman–Crippen MR) is 84.3 cm³/mol. The Kier molecular flexibility index (Phi) is 4.33. The maximum Gasteiger partial charge on any atom is 0.0406 e. The van der Waals surface area contributed by atoms with Crippen molar-refractivity contribution in [2.45, 2.75) is 13.5 Å². The van der Waals surface area contributed by atoms with Gasteiger partial charge in [-0.05, 0) is 48.4 Å². The number of benzene rings is 2. The Morgan fingerprint density at radius 3 is 2.32 bits per heavy atom. The number of rotatable bonds is 4. The van der Waals surface area contributed by atoms with Crippen LogP contribution in [-0.2, 0) is 6.54 Å². The van der Waals surface area contributed by atoms with Crippen molar-refractivity contribution in [1.29, 1.82) is 0 Å². The van der Waals surface area contributed by atoms with Crippen LogP contribution in [0.3, 0.4) is 0 Å². The fourth-order valence-corrected chi connectivity index (χ4v) is 2.05. The van der Waals surface area contributed by atoms with Crippen molar-refractivity contribution in [3.63, 3.8) is 0 Å². The van der Waals surface area contributed by atoms with E-state index in [1.807, 2.05) is 24.3 Å². The van der Waals surface area contributed by atoms with Gasteiger partial charge in [0.1, 0.15) is 0 Å². The van der Waals surface area contributed by atoms with Crippen molar-refractivity contribution >= 4 is 23.0 Å². The van der Waals surface area contributed by atoms with Crippen LogP contribution >= 0.6 is 11.6 Å². The summed E-state index contributed by atoms with van der Waals surface area (Å²) in [6, 6.07) is 14.3. The number of aryl methyl sites for hydroxylation is 1. The van der Waals surface area contributed by atoms with E-state index in [0.29, 0.717) is 0 Å². The van der Waals surface area contributed by atoms with Gasteiger partial charge in [-0.25, -0.2) is 0 Å². The summed E-state index contributed by atoms with van der Waals surface area (Å²) in [5, 5.41) is 4.23. The molecule has 2 rings (SSSR count). The van der Waals surface area contributed by atoms with Crippen molar-refractivity contribution in [1.82, 2.24) is 0 Å². The van der Waals surface area contributed by atoms with Crippen LogP contribution in [0, 0.1) is 6.92 Å². The highest BCUT2D eigenvalue weighted by Crippen LogP contribution is 2.22. The van der Waals surface area contributed by atoms with E-state index in [4.69, 9.17) is 11.6 Å². The molecule has 0 aromatic heterocycles. The molecular weight excluding hydrogens is 256 g/mol.